The lowest BCUT2D eigenvalue weighted by Crippen LogP contribution is -2.30. The molecule has 0 aliphatic carbocycles. The molecule has 0 bridgehead atoms. The number of carbonyl (C=O) groups excluding carboxylic acids is 1. The van der Waals surface area contributed by atoms with Crippen molar-refractivity contribution in [3.05, 3.63) is 100 Å². The van der Waals surface area contributed by atoms with E-state index in [1.807, 2.05) is 24.3 Å². The summed E-state index contributed by atoms with van der Waals surface area (Å²) in [5.41, 5.74) is 3.68. The van der Waals surface area contributed by atoms with Crippen molar-refractivity contribution < 1.29 is 9.90 Å². The minimum atomic E-state index is -0.418. The SMILES string of the molecule is CC(C)(C)c1ccc(C(=O)NC(CC(=N)c2ccc(Cl)cc2)c2ccc(O)cc2)cc1. The van der Waals surface area contributed by atoms with Gasteiger partial charge in [-0.25, -0.2) is 0 Å². The largest absolute Gasteiger partial charge is 0.508 e. The van der Waals surface area contributed by atoms with Crippen LogP contribution in [0.4, 0.5) is 0 Å². The summed E-state index contributed by atoms with van der Waals surface area (Å²) in [6, 6.07) is 21.0. The standard InChI is InChI=1S/C26H27ClN2O2/c1-26(2,3)20-10-4-19(5-11-20)25(31)29-24(18-8-14-22(30)15-9-18)16-23(28)17-6-12-21(27)13-7-17/h4-15,24,28,30H,16H2,1-3H3,(H,29,31). The van der Waals surface area contributed by atoms with Crippen molar-refractivity contribution in [2.75, 3.05) is 0 Å². The third-order valence-corrected chi connectivity index (χ3v) is 5.47. The summed E-state index contributed by atoms with van der Waals surface area (Å²) < 4.78 is 0. The van der Waals surface area contributed by atoms with Gasteiger partial charge in [-0.2, -0.15) is 0 Å². The number of rotatable bonds is 6. The molecule has 3 rings (SSSR count). The third-order valence-electron chi connectivity index (χ3n) is 5.21. The smallest absolute Gasteiger partial charge is 0.251 e. The van der Waals surface area contributed by atoms with Crippen LogP contribution in [0.15, 0.2) is 72.8 Å². The van der Waals surface area contributed by atoms with E-state index in [1.165, 1.54) is 0 Å². The van der Waals surface area contributed by atoms with Gasteiger partial charge in [-0.05, 0) is 58.5 Å². The Morgan fingerprint density at radius 3 is 2.03 bits per heavy atom. The number of hydrogen-bond donors (Lipinski definition) is 3. The van der Waals surface area contributed by atoms with Gasteiger partial charge in [-0.15, -0.1) is 0 Å². The first-order valence-electron chi connectivity index (χ1n) is 10.2. The van der Waals surface area contributed by atoms with Crippen LogP contribution in [-0.4, -0.2) is 16.7 Å². The maximum atomic E-state index is 13.0. The van der Waals surface area contributed by atoms with E-state index in [1.54, 1.807) is 48.5 Å². The van der Waals surface area contributed by atoms with Gasteiger partial charge in [0.1, 0.15) is 5.75 Å². The fourth-order valence-electron chi connectivity index (χ4n) is 3.30. The number of nitrogens with one attached hydrogen (secondary N) is 2. The highest BCUT2D eigenvalue weighted by atomic mass is 35.5. The van der Waals surface area contributed by atoms with Gasteiger partial charge >= 0.3 is 0 Å². The van der Waals surface area contributed by atoms with E-state index in [0.717, 1.165) is 16.7 Å². The van der Waals surface area contributed by atoms with Crippen molar-refractivity contribution in [1.82, 2.24) is 5.32 Å². The van der Waals surface area contributed by atoms with Gasteiger partial charge in [0.05, 0.1) is 6.04 Å². The maximum Gasteiger partial charge on any atom is 0.251 e. The topological polar surface area (TPSA) is 73.2 Å². The summed E-state index contributed by atoms with van der Waals surface area (Å²) in [6.45, 7) is 6.39. The van der Waals surface area contributed by atoms with Crippen LogP contribution in [0, 0.1) is 5.41 Å². The number of hydrogen-bond acceptors (Lipinski definition) is 3. The predicted octanol–water partition coefficient (Wildman–Crippen LogP) is 6.27. The van der Waals surface area contributed by atoms with E-state index in [0.29, 0.717) is 22.7 Å². The van der Waals surface area contributed by atoms with Crippen LogP contribution in [0.3, 0.4) is 0 Å². The van der Waals surface area contributed by atoms with Crippen LogP contribution >= 0.6 is 11.6 Å². The van der Waals surface area contributed by atoms with Gasteiger partial charge in [0.2, 0.25) is 0 Å². The summed E-state index contributed by atoms with van der Waals surface area (Å²) >= 11 is 5.96. The molecule has 1 amide bonds. The van der Waals surface area contributed by atoms with E-state index < -0.39 is 6.04 Å². The first kappa shape index (κ1) is 22.6. The van der Waals surface area contributed by atoms with Crippen LogP contribution in [0.5, 0.6) is 5.75 Å². The molecule has 0 aliphatic rings. The van der Waals surface area contributed by atoms with Crippen molar-refractivity contribution in [2.24, 2.45) is 0 Å². The molecule has 1 unspecified atom stereocenters. The Kier molecular flexibility index (Phi) is 6.81. The lowest BCUT2D eigenvalue weighted by Gasteiger charge is -2.21. The molecule has 5 heteroatoms. The number of carbonyl (C=O) groups is 1. The molecule has 0 heterocycles. The summed E-state index contributed by atoms with van der Waals surface area (Å²) in [7, 11) is 0. The zero-order valence-electron chi connectivity index (χ0n) is 17.9. The normalized spacial score (nSPS) is 12.3. The van der Waals surface area contributed by atoms with Crippen molar-refractivity contribution >= 4 is 23.2 Å². The molecule has 4 nitrogen and oxygen atoms in total. The molecule has 0 spiro atoms. The molecule has 3 N–H and O–H groups in total. The van der Waals surface area contributed by atoms with Gasteiger partial charge in [0, 0.05) is 22.7 Å². The highest BCUT2D eigenvalue weighted by Gasteiger charge is 2.20. The Labute approximate surface area is 188 Å². The maximum absolute atomic E-state index is 13.0. The number of amides is 1. The minimum Gasteiger partial charge on any atom is -0.508 e. The van der Waals surface area contributed by atoms with Crippen molar-refractivity contribution in [3.63, 3.8) is 0 Å². The second-order valence-electron chi connectivity index (χ2n) is 8.63. The summed E-state index contributed by atoms with van der Waals surface area (Å²) in [6.07, 6.45) is 0.304. The summed E-state index contributed by atoms with van der Waals surface area (Å²) in [5.74, 6) is -0.0539. The molecule has 0 aromatic heterocycles. The van der Waals surface area contributed by atoms with Crippen LogP contribution in [-0.2, 0) is 5.41 Å². The molecule has 160 valence electrons. The number of phenolic OH excluding ortho intramolecular Hbond substituents is 1. The minimum absolute atomic E-state index is 0.0112. The van der Waals surface area contributed by atoms with Gasteiger partial charge < -0.3 is 15.8 Å². The molecule has 0 radical (unpaired) electrons. The van der Waals surface area contributed by atoms with E-state index in [9.17, 15) is 9.90 Å². The molecule has 1 atom stereocenters. The van der Waals surface area contributed by atoms with E-state index in [4.69, 9.17) is 17.0 Å². The second-order valence-corrected chi connectivity index (χ2v) is 9.07. The number of benzene rings is 3. The Morgan fingerprint density at radius 2 is 1.48 bits per heavy atom. The molecular weight excluding hydrogens is 408 g/mol. The van der Waals surface area contributed by atoms with Crippen LogP contribution < -0.4 is 5.32 Å². The molecule has 31 heavy (non-hydrogen) atoms. The highest BCUT2D eigenvalue weighted by molar-refractivity contribution is 6.30. The molecule has 0 fully saturated rings. The fraction of sp³-hybridized carbons (Fsp3) is 0.231. The van der Waals surface area contributed by atoms with Gasteiger partial charge in [0.25, 0.3) is 5.91 Å². The Bertz CT molecular complexity index is 1050. The average molecular weight is 435 g/mol. The molecule has 0 saturated carbocycles. The van der Waals surface area contributed by atoms with Crippen molar-refractivity contribution in [1.29, 1.82) is 5.41 Å². The lowest BCUT2D eigenvalue weighted by atomic mass is 9.86. The summed E-state index contributed by atoms with van der Waals surface area (Å²) in [5, 5.41) is 21.8. The predicted molar refractivity (Wildman–Crippen MR) is 126 cm³/mol. The Hall–Kier alpha value is -3.11. The third kappa shape index (κ3) is 5.96. The zero-order valence-corrected chi connectivity index (χ0v) is 18.7. The highest BCUT2D eigenvalue weighted by Crippen LogP contribution is 2.25. The Morgan fingerprint density at radius 1 is 0.935 bits per heavy atom. The molecule has 3 aromatic rings. The second kappa shape index (κ2) is 9.36. The molecular formula is C26H27ClN2O2. The zero-order chi connectivity index (χ0) is 22.6. The lowest BCUT2D eigenvalue weighted by molar-refractivity contribution is 0.0937. The van der Waals surface area contributed by atoms with Gasteiger partial charge in [-0.3, -0.25) is 4.79 Å². The van der Waals surface area contributed by atoms with Crippen LogP contribution in [0.2, 0.25) is 5.02 Å². The first-order chi connectivity index (χ1) is 14.6. The van der Waals surface area contributed by atoms with Crippen molar-refractivity contribution in [2.45, 2.75) is 38.6 Å². The molecule has 0 saturated heterocycles. The molecule has 3 aromatic carbocycles. The van der Waals surface area contributed by atoms with E-state index in [2.05, 4.69) is 26.1 Å². The number of aromatic hydroxyl groups is 1. The van der Waals surface area contributed by atoms with Gasteiger partial charge in [0.15, 0.2) is 0 Å². The van der Waals surface area contributed by atoms with Crippen LogP contribution in [0.1, 0.15) is 60.3 Å². The quantitative estimate of drug-likeness (QED) is 0.400. The monoisotopic (exact) mass is 434 g/mol. The first-order valence-corrected chi connectivity index (χ1v) is 10.5. The molecule has 0 aliphatic heterocycles. The van der Waals surface area contributed by atoms with Crippen LogP contribution in [0.25, 0.3) is 0 Å². The summed E-state index contributed by atoms with van der Waals surface area (Å²) in [4.78, 5) is 13.0. The number of phenols is 1. The Balaban J connectivity index is 1.82. The van der Waals surface area contributed by atoms with Crippen molar-refractivity contribution in [3.8, 4) is 5.75 Å². The fourth-order valence-corrected chi connectivity index (χ4v) is 3.42. The van der Waals surface area contributed by atoms with E-state index in [-0.39, 0.29) is 17.1 Å². The number of halogens is 1. The average Bonchev–Trinajstić information content (AvgIpc) is 2.73. The van der Waals surface area contributed by atoms with Gasteiger partial charge in [-0.1, -0.05) is 68.8 Å². The van der Waals surface area contributed by atoms with E-state index >= 15 is 0 Å².